The number of aromatic nitrogens is 1. The van der Waals surface area contributed by atoms with Gasteiger partial charge in [-0.25, -0.2) is 0 Å². The zero-order valence-corrected chi connectivity index (χ0v) is 9.35. The Bertz CT molecular complexity index is 340. The number of pyridine rings is 1. The summed E-state index contributed by atoms with van der Waals surface area (Å²) in [6.07, 6.45) is 4.20. The quantitative estimate of drug-likeness (QED) is 0.804. The fraction of sp³-hybridized carbons (Fsp3) is 0.583. The number of likely N-dealkylation sites (N-methyl/N-ethyl adjacent to an activating group) is 1. The summed E-state index contributed by atoms with van der Waals surface area (Å²) in [6, 6.07) is 4.00. The highest BCUT2D eigenvalue weighted by molar-refractivity contribution is 5.29. The van der Waals surface area contributed by atoms with Crippen molar-refractivity contribution in [1.29, 1.82) is 0 Å². The molecule has 1 unspecified atom stereocenters. The molecule has 1 N–H and O–H groups in total. The molecular formula is C12H18N2O. The van der Waals surface area contributed by atoms with E-state index < -0.39 is 0 Å². The highest BCUT2D eigenvalue weighted by Crippen LogP contribution is 2.32. The van der Waals surface area contributed by atoms with Crippen LogP contribution in [0.4, 0.5) is 0 Å². The predicted molar refractivity (Wildman–Crippen MR) is 60.0 cm³/mol. The van der Waals surface area contributed by atoms with Crippen molar-refractivity contribution in [3.63, 3.8) is 0 Å². The van der Waals surface area contributed by atoms with Gasteiger partial charge in [0.1, 0.15) is 5.75 Å². The van der Waals surface area contributed by atoms with Gasteiger partial charge in [0, 0.05) is 18.2 Å². The van der Waals surface area contributed by atoms with Crippen molar-refractivity contribution in [2.24, 2.45) is 0 Å². The van der Waals surface area contributed by atoms with E-state index in [9.17, 15) is 5.11 Å². The summed E-state index contributed by atoms with van der Waals surface area (Å²) in [4.78, 5) is 6.64. The van der Waals surface area contributed by atoms with E-state index in [0.717, 1.165) is 12.2 Å². The van der Waals surface area contributed by atoms with Crippen LogP contribution < -0.4 is 0 Å². The number of hydrogen-bond acceptors (Lipinski definition) is 3. The zero-order valence-electron chi connectivity index (χ0n) is 9.35. The standard InChI is InChI=1S/C12H18N2O/c1-9(10-5-4-8-14(10)2)12-11(15)6-3-7-13-12/h3,6-7,9-10,15H,4-5,8H2,1-2H3/t9?,10-/m0/s1. The molecule has 0 aromatic carbocycles. The first-order valence-corrected chi connectivity index (χ1v) is 5.54. The summed E-state index contributed by atoms with van der Waals surface area (Å²) in [5.74, 6) is 0.629. The monoisotopic (exact) mass is 206 g/mol. The van der Waals surface area contributed by atoms with Crippen LogP contribution in [0.1, 0.15) is 31.4 Å². The largest absolute Gasteiger partial charge is 0.506 e. The molecule has 0 saturated carbocycles. The zero-order chi connectivity index (χ0) is 10.8. The molecule has 0 spiro atoms. The smallest absolute Gasteiger partial charge is 0.137 e. The average Bonchev–Trinajstić information content (AvgIpc) is 2.64. The van der Waals surface area contributed by atoms with Crippen LogP contribution in [0, 0.1) is 0 Å². The van der Waals surface area contributed by atoms with Crippen LogP contribution in [-0.4, -0.2) is 34.6 Å². The van der Waals surface area contributed by atoms with E-state index in [2.05, 4.69) is 23.9 Å². The highest BCUT2D eigenvalue weighted by atomic mass is 16.3. The SMILES string of the molecule is CC(c1ncccc1O)[C@@H]1CCCN1C. The third-order valence-corrected chi connectivity index (χ3v) is 3.40. The predicted octanol–water partition coefficient (Wildman–Crippen LogP) is 1.98. The van der Waals surface area contributed by atoms with Crippen LogP contribution in [0.2, 0.25) is 0 Å². The van der Waals surface area contributed by atoms with E-state index in [0.29, 0.717) is 17.7 Å². The third kappa shape index (κ3) is 1.97. The Balaban J connectivity index is 2.20. The summed E-state index contributed by atoms with van der Waals surface area (Å²) in [5, 5.41) is 9.75. The maximum atomic E-state index is 9.75. The van der Waals surface area contributed by atoms with Gasteiger partial charge in [-0.2, -0.15) is 0 Å². The van der Waals surface area contributed by atoms with E-state index in [1.54, 1.807) is 18.3 Å². The molecule has 1 aliphatic heterocycles. The van der Waals surface area contributed by atoms with E-state index in [4.69, 9.17) is 0 Å². The number of likely N-dealkylation sites (tertiary alicyclic amines) is 1. The molecule has 1 saturated heterocycles. The number of hydrogen-bond donors (Lipinski definition) is 1. The molecule has 2 heterocycles. The second-order valence-corrected chi connectivity index (χ2v) is 4.39. The minimum Gasteiger partial charge on any atom is -0.506 e. The fourth-order valence-electron chi connectivity index (χ4n) is 2.51. The molecule has 3 nitrogen and oxygen atoms in total. The first kappa shape index (κ1) is 10.4. The van der Waals surface area contributed by atoms with Crippen LogP contribution >= 0.6 is 0 Å². The lowest BCUT2D eigenvalue weighted by Crippen LogP contribution is -2.30. The van der Waals surface area contributed by atoms with Crippen molar-refractivity contribution in [3.8, 4) is 5.75 Å². The van der Waals surface area contributed by atoms with E-state index >= 15 is 0 Å². The molecule has 2 rings (SSSR count). The topological polar surface area (TPSA) is 36.4 Å². The van der Waals surface area contributed by atoms with Gasteiger partial charge in [0.2, 0.25) is 0 Å². The molecule has 3 heteroatoms. The number of aromatic hydroxyl groups is 1. The van der Waals surface area contributed by atoms with Gasteiger partial charge < -0.3 is 10.0 Å². The second-order valence-electron chi connectivity index (χ2n) is 4.39. The molecule has 82 valence electrons. The van der Waals surface area contributed by atoms with Gasteiger partial charge in [-0.3, -0.25) is 4.98 Å². The lowest BCUT2D eigenvalue weighted by atomic mass is 9.95. The molecule has 1 fully saturated rings. The highest BCUT2D eigenvalue weighted by Gasteiger charge is 2.29. The summed E-state index contributed by atoms with van der Waals surface area (Å²) >= 11 is 0. The van der Waals surface area contributed by atoms with Gasteiger partial charge in [-0.05, 0) is 38.6 Å². The van der Waals surface area contributed by atoms with Gasteiger partial charge in [-0.15, -0.1) is 0 Å². The van der Waals surface area contributed by atoms with Gasteiger partial charge in [-0.1, -0.05) is 6.92 Å². The molecule has 0 amide bonds. The fourth-order valence-corrected chi connectivity index (χ4v) is 2.51. The van der Waals surface area contributed by atoms with E-state index in [1.165, 1.54) is 12.8 Å². The van der Waals surface area contributed by atoms with E-state index in [1.807, 2.05) is 0 Å². The van der Waals surface area contributed by atoms with Gasteiger partial charge >= 0.3 is 0 Å². The molecular weight excluding hydrogens is 188 g/mol. The molecule has 1 aliphatic rings. The third-order valence-electron chi connectivity index (χ3n) is 3.40. The first-order valence-electron chi connectivity index (χ1n) is 5.54. The van der Waals surface area contributed by atoms with Crippen molar-refractivity contribution >= 4 is 0 Å². The normalized spacial score (nSPS) is 24.3. The van der Waals surface area contributed by atoms with Gasteiger partial charge in [0.05, 0.1) is 5.69 Å². The average molecular weight is 206 g/mol. The minimum atomic E-state index is 0.304. The van der Waals surface area contributed by atoms with Crippen LogP contribution in [0.15, 0.2) is 18.3 Å². The Hall–Kier alpha value is -1.09. The Kier molecular flexibility index (Phi) is 2.91. The Labute approximate surface area is 90.8 Å². The van der Waals surface area contributed by atoms with Crippen LogP contribution in [0.25, 0.3) is 0 Å². The lowest BCUT2D eigenvalue weighted by Gasteiger charge is -2.26. The Morgan fingerprint density at radius 1 is 1.60 bits per heavy atom. The molecule has 1 aromatic rings. The summed E-state index contributed by atoms with van der Waals surface area (Å²) in [6.45, 7) is 3.30. The van der Waals surface area contributed by atoms with Crippen molar-refractivity contribution in [2.75, 3.05) is 13.6 Å². The van der Waals surface area contributed by atoms with Crippen molar-refractivity contribution in [3.05, 3.63) is 24.0 Å². The first-order chi connectivity index (χ1) is 7.20. The maximum absolute atomic E-state index is 9.75. The van der Waals surface area contributed by atoms with Crippen molar-refractivity contribution in [2.45, 2.75) is 31.7 Å². The Morgan fingerprint density at radius 2 is 2.40 bits per heavy atom. The summed E-state index contributed by atoms with van der Waals surface area (Å²) < 4.78 is 0. The van der Waals surface area contributed by atoms with Gasteiger partial charge in [0.15, 0.2) is 0 Å². The summed E-state index contributed by atoms with van der Waals surface area (Å²) in [7, 11) is 2.15. The Morgan fingerprint density at radius 3 is 3.00 bits per heavy atom. The van der Waals surface area contributed by atoms with Crippen LogP contribution in [0.3, 0.4) is 0 Å². The lowest BCUT2D eigenvalue weighted by molar-refractivity contribution is 0.273. The molecule has 0 aliphatic carbocycles. The molecule has 1 aromatic heterocycles. The maximum Gasteiger partial charge on any atom is 0.137 e. The van der Waals surface area contributed by atoms with Crippen molar-refractivity contribution in [1.82, 2.24) is 9.88 Å². The summed E-state index contributed by atoms with van der Waals surface area (Å²) in [5.41, 5.74) is 0.830. The molecule has 2 atom stereocenters. The molecule has 15 heavy (non-hydrogen) atoms. The van der Waals surface area contributed by atoms with Crippen LogP contribution in [-0.2, 0) is 0 Å². The number of rotatable bonds is 2. The van der Waals surface area contributed by atoms with E-state index in [-0.39, 0.29) is 0 Å². The van der Waals surface area contributed by atoms with Crippen LogP contribution in [0.5, 0.6) is 5.75 Å². The van der Waals surface area contributed by atoms with Gasteiger partial charge in [0.25, 0.3) is 0 Å². The number of nitrogens with zero attached hydrogens (tertiary/aromatic N) is 2. The van der Waals surface area contributed by atoms with Crippen molar-refractivity contribution < 1.29 is 5.11 Å². The minimum absolute atomic E-state index is 0.304. The molecule has 0 bridgehead atoms. The second kappa shape index (κ2) is 4.19. The molecule has 0 radical (unpaired) electrons.